The first kappa shape index (κ1) is 20.1. The summed E-state index contributed by atoms with van der Waals surface area (Å²) in [6, 6.07) is 8.97. The molecule has 0 saturated carbocycles. The number of carboxylic acid groups (broad SMARTS) is 1. The van der Waals surface area contributed by atoms with Crippen LogP contribution in [0.25, 0.3) is 0 Å². The van der Waals surface area contributed by atoms with Gasteiger partial charge in [0.25, 0.3) is 0 Å². The van der Waals surface area contributed by atoms with Crippen molar-refractivity contribution in [3.05, 3.63) is 58.9 Å². The molecule has 0 bridgehead atoms. The first-order chi connectivity index (χ1) is 11.0. The van der Waals surface area contributed by atoms with Crippen molar-refractivity contribution >= 4 is 35.0 Å². The van der Waals surface area contributed by atoms with Gasteiger partial charge < -0.3 is 11.8 Å². The summed E-state index contributed by atoms with van der Waals surface area (Å²) in [4.78, 5) is 26.9. The first-order valence-electron chi connectivity index (χ1n) is 6.53. The summed E-state index contributed by atoms with van der Waals surface area (Å²) in [5.41, 5.74) is 3.24. The number of benzene rings is 1. The van der Waals surface area contributed by atoms with Crippen molar-refractivity contribution in [2.75, 3.05) is 5.32 Å². The summed E-state index contributed by atoms with van der Waals surface area (Å²) in [5.74, 6) is -1.12. The monoisotopic (exact) mass is 356 g/mol. The van der Waals surface area contributed by atoms with Gasteiger partial charge in [0.05, 0.1) is 11.3 Å². The van der Waals surface area contributed by atoms with Gasteiger partial charge in [-0.25, -0.2) is 15.0 Å². The van der Waals surface area contributed by atoms with Crippen LogP contribution in [0.2, 0.25) is 5.02 Å². The van der Waals surface area contributed by atoms with Gasteiger partial charge in [-0.15, -0.1) is 0 Å². The van der Waals surface area contributed by atoms with Crippen LogP contribution in [-0.2, 0) is 0 Å². The number of aromatic nitrogens is 1. The number of carbonyl (C=O) groups is 2. The van der Waals surface area contributed by atoms with E-state index >= 15 is 0 Å². The summed E-state index contributed by atoms with van der Waals surface area (Å²) in [6.07, 6.45) is 1.45. The summed E-state index contributed by atoms with van der Waals surface area (Å²) in [5, 5.41) is 16.0. The first-order valence-corrected chi connectivity index (χ1v) is 6.90. The smallest absolute Gasteiger partial charge is 1.00 e. The van der Waals surface area contributed by atoms with Crippen molar-refractivity contribution in [3.63, 3.8) is 0 Å². The van der Waals surface area contributed by atoms with Gasteiger partial charge in [-0.1, -0.05) is 17.7 Å². The number of nitrogens with zero attached hydrogens (tertiary/aromatic N) is 2. The number of urea groups is 1. The van der Waals surface area contributed by atoms with Gasteiger partial charge in [-0.05, 0) is 37.3 Å². The van der Waals surface area contributed by atoms with E-state index in [1.54, 1.807) is 31.2 Å². The molecule has 0 aliphatic carbocycles. The van der Waals surface area contributed by atoms with Crippen LogP contribution in [-0.4, -0.2) is 27.8 Å². The van der Waals surface area contributed by atoms with Gasteiger partial charge in [0.15, 0.2) is 0 Å². The number of carboxylic acids is 1. The minimum absolute atomic E-state index is 0. The fourth-order valence-electron chi connectivity index (χ4n) is 1.78. The number of hydrazone groups is 1. The van der Waals surface area contributed by atoms with Crippen molar-refractivity contribution < 1.29 is 45.7 Å². The molecule has 0 aliphatic rings. The number of halogens is 1. The molecule has 1 heterocycles. The zero-order valence-corrected chi connectivity index (χ0v) is 15.8. The molecule has 0 spiro atoms. The number of carbonyl (C=O) groups excluding carboxylic acids is 1. The fourth-order valence-corrected chi connectivity index (χ4v) is 1.97. The van der Waals surface area contributed by atoms with Crippen LogP contribution >= 0.6 is 11.6 Å². The van der Waals surface area contributed by atoms with Crippen molar-refractivity contribution in [3.8, 4) is 0 Å². The van der Waals surface area contributed by atoms with Crippen LogP contribution in [0.15, 0.2) is 47.7 Å². The maximum Gasteiger partial charge on any atom is 1.00 e. The van der Waals surface area contributed by atoms with Crippen LogP contribution < -0.4 is 40.3 Å². The molecule has 3 N–H and O–H groups in total. The summed E-state index contributed by atoms with van der Waals surface area (Å²) in [7, 11) is 0. The van der Waals surface area contributed by atoms with Crippen LogP contribution in [0.5, 0.6) is 0 Å². The second-order valence-electron chi connectivity index (χ2n) is 4.48. The molecular weight excluding hydrogens is 343 g/mol. The Bertz CT molecular complexity index is 789. The molecule has 0 unspecified atom stereocenters. The molecule has 120 valence electrons. The third kappa shape index (κ3) is 5.61. The predicted molar refractivity (Wildman–Crippen MR) is 88.1 cm³/mol. The second kappa shape index (κ2) is 9.39. The van der Waals surface area contributed by atoms with E-state index in [1.165, 1.54) is 18.3 Å². The molecule has 0 atom stereocenters. The minimum Gasteiger partial charge on any atom is -1.00 e. The number of rotatable bonds is 4. The second-order valence-corrected chi connectivity index (χ2v) is 4.91. The fraction of sp³-hybridized carbons (Fsp3) is 0.0667. The Kier molecular flexibility index (Phi) is 7.87. The SMILES string of the molecule is CC(=NNC(=O)Nc1cccc(Cl)c1)c1ncccc1C(=O)O.[H-].[Na+]. The summed E-state index contributed by atoms with van der Waals surface area (Å²) >= 11 is 5.82. The quantitative estimate of drug-likeness (QED) is 0.410. The Morgan fingerprint density at radius 1 is 1.29 bits per heavy atom. The van der Waals surface area contributed by atoms with E-state index in [9.17, 15) is 9.59 Å². The molecule has 0 saturated heterocycles. The number of nitrogens with one attached hydrogen (secondary N) is 2. The molecule has 24 heavy (non-hydrogen) atoms. The van der Waals surface area contributed by atoms with Crippen LogP contribution in [0.4, 0.5) is 10.5 Å². The third-order valence-corrected chi connectivity index (χ3v) is 3.02. The Morgan fingerprint density at radius 3 is 2.71 bits per heavy atom. The molecule has 1 aromatic carbocycles. The number of anilines is 1. The van der Waals surface area contributed by atoms with Crippen molar-refractivity contribution in [1.29, 1.82) is 0 Å². The number of aromatic carboxylic acids is 1. The zero-order chi connectivity index (χ0) is 16.8. The van der Waals surface area contributed by atoms with E-state index in [-0.39, 0.29) is 48.0 Å². The van der Waals surface area contributed by atoms with E-state index in [0.717, 1.165) is 0 Å². The zero-order valence-electron chi connectivity index (χ0n) is 14.1. The summed E-state index contributed by atoms with van der Waals surface area (Å²) < 4.78 is 0. The molecular formula is C15H14ClN4NaO3. The Hall–Kier alpha value is -1.93. The average Bonchev–Trinajstić information content (AvgIpc) is 2.52. The summed E-state index contributed by atoms with van der Waals surface area (Å²) in [6.45, 7) is 1.55. The average molecular weight is 357 g/mol. The molecule has 0 radical (unpaired) electrons. The van der Waals surface area contributed by atoms with E-state index < -0.39 is 12.0 Å². The third-order valence-electron chi connectivity index (χ3n) is 2.79. The number of pyridine rings is 1. The van der Waals surface area contributed by atoms with Crippen LogP contribution in [0.3, 0.4) is 0 Å². The van der Waals surface area contributed by atoms with Gasteiger partial charge in [-0.2, -0.15) is 5.10 Å². The molecule has 2 aromatic rings. The maximum absolute atomic E-state index is 11.8. The van der Waals surface area contributed by atoms with E-state index in [4.69, 9.17) is 16.7 Å². The molecule has 2 rings (SSSR count). The van der Waals surface area contributed by atoms with Crippen molar-refractivity contribution in [1.82, 2.24) is 10.4 Å². The van der Waals surface area contributed by atoms with E-state index in [1.807, 2.05) is 0 Å². The largest absolute Gasteiger partial charge is 1.00 e. The minimum atomic E-state index is -1.12. The number of amides is 2. The molecule has 0 aliphatic heterocycles. The van der Waals surface area contributed by atoms with Crippen molar-refractivity contribution in [2.24, 2.45) is 5.10 Å². The van der Waals surface area contributed by atoms with Crippen molar-refractivity contribution in [2.45, 2.75) is 6.92 Å². The molecule has 7 nitrogen and oxygen atoms in total. The Balaban J connectivity index is 0.00000288. The molecule has 9 heteroatoms. The van der Waals surface area contributed by atoms with Gasteiger partial charge in [0.2, 0.25) is 0 Å². The standard InChI is InChI=1S/C15H13ClN4O3.Na.H/c1-9(13-12(14(21)22)6-3-7-17-13)19-20-15(23)18-11-5-2-4-10(16)8-11;;/h2-8H,1H3,(H,21,22)(H2,18,20,23);;/q;+1;-1. The van der Waals surface area contributed by atoms with Crippen LogP contribution in [0, 0.1) is 0 Å². The van der Waals surface area contributed by atoms with Crippen LogP contribution in [0.1, 0.15) is 24.4 Å². The van der Waals surface area contributed by atoms with Gasteiger partial charge in [0, 0.05) is 16.9 Å². The normalized spacial score (nSPS) is 10.5. The number of hydrogen-bond acceptors (Lipinski definition) is 4. The number of hydrogen-bond donors (Lipinski definition) is 3. The molecule has 0 fully saturated rings. The van der Waals surface area contributed by atoms with E-state index in [2.05, 4.69) is 20.8 Å². The topological polar surface area (TPSA) is 104 Å². The molecule has 2 amide bonds. The Morgan fingerprint density at radius 2 is 2.04 bits per heavy atom. The van der Waals surface area contributed by atoms with Gasteiger partial charge in [-0.3, -0.25) is 4.98 Å². The van der Waals surface area contributed by atoms with Gasteiger partial charge >= 0.3 is 41.6 Å². The predicted octanol–water partition coefficient (Wildman–Crippen LogP) is 0.0954. The van der Waals surface area contributed by atoms with Gasteiger partial charge in [0.1, 0.15) is 5.69 Å². The molecule has 1 aromatic heterocycles. The Labute approximate surface area is 166 Å². The maximum atomic E-state index is 11.8. The van der Waals surface area contributed by atoms with E-state index in [0.29, 0.717) is 10.7 Å².